The minimum Gasteiger partial charge on any atom is -0.495 e. The number of methoxy groups -OCH3 is 1. The second kappa shape index (κ2) is 4.35. The van der Waals surface area contributed by atoms with E-state index in [4.69, 9.17) is 16.3 Å². The number of hydrogen-bond acceptors (Lipinski definition) is 4. The lowest BCUT2D eigenvalue weighted by Gasteiger charge is -2.00. The zero-order valence-corrected chi connectivity index (χ0v) is 10.2. The molecule has 15 heavy (non-hydrogen) atoms. The third kappa shape index (κ3) is 1.93. The quantitative estimate of drug-likeness (QED) is 0.785. The molecule has 5 heteroatoms. The van der Waals surface area contributed by atoms with Crippen molar-refractivity contribution in [2.75, 3.05) is 7.11 Å². The predicted molar refractivity (Wildman–Crippen MR) is 63.6 cm³/mol. The molecule has 2 aromatic rings. The summed E-state index contributed by atoms with van der Waals surface area (Å²) in [6.45, 7) is 0. The van der Waals surface area contributed by atoms with Crippen LogP contribution in [0.25, 0.3) is 0 Å². The molecule has 0 aliphatic heterocycles. The zero-order valence-electron chi connectivity index (χ0n) is 7.82. The van der Waals surface area contributed by atoms with Gasteiger partial charge in [-0.25, -0.2) is 0 Å². The number of rotatable bonds is 3. The lowest BCUT2D eigenvalue weighted by atomic mass is 10.2. The first-order valence-corrected chi connectivity index (χ1v) is 6.27. The molecule has 2 aromatic heterocycles. The van der Waals surface area contributed by atoms with Crippen LogP contribution in [0.3, 0.4) is 0 Å². The highest BCUT2D eigenvalue weighted by molar-refractivity contribution is 7.16. The Morgan fingerprint density at radius 3 is 2.53 bits per heavy atom. The van der Waals surface area contributed by atoms with Crippen molar-refractivity contribution in [3.63, 3.8) is 0 Å². The van der Waals surface area contributed by atoms with Crippen molar-refractivity contribution in [3.05, 3.63) is 37.7 Å². The molecule has 2 heterocycles. The van der Waals surface area contributed by atoms with Crippen LogP contribution >= 0.6 is 34.3 Å². The van der Waals surface area contributed by atoms with Crippen LogP contribution in [0.2, 0.25) is 5.02 Å². The minimum absolute atomic E-state index is 0.0677. The summed E-state index contributed by atoms with van der Waals surface area (Å²) >= 11 is 8.61. The average molecular weight is 259 g/mol. The topological polar surface area (TPSA) is 26.3 Å². The van der Waals surface area contributed by atoms with Crippen molar-refractivity contribution in [2.45, 2.75) is 0 Å². The molecule has 0 amide bonds. The van der Waals surface area contributed by atoms with E-state index in [1.165, 1.54) is 22.7 Å². The van der Waals surface area contributed by atoms with Crippen LogP contribution in [-0.4, -0.2) is 12.9 Å². The van der Waals surface area contributed by atoms with Crippen molar-refractivity contribution in [1.29, 1.82) is 0 Å². The number of carbonyl (C=O) groups is 1. The van der Waals surface area contributed by atoms with E-state index in [0.717, 1.165) is 0 Å². The Kier molecular flexibility index (Phi) is 3.09. The van der Waals surface area contributed by atoms with E-state index in [0.29, 0.717) is 20.5 Å². The van der Waals surface area contributed by atoms with Gasteiger partial charge >= 0.3 is 0 Å². The number of thiophene rings is 2. The summed E-state index contributed by atoms with van der Waals surface area (Å²) in [5.74, 6) is 0.538. The van der Waals surface area contributed by atoms with Gasteiger partial charge in [-0.3, -0.25) is 4.79 Å². The molecule has 78 valence electrons. The Balaban J connectivity index is 2.41. The molecule has 0 fully saturated rings. The molecular weight excluding hydrogens is 252 g/mol. The Morgan fingerprint density at radius 2 is 1.93 bits per heavy atom. The number of ether oxygens (including phenoxy) is 1. The molecule has 0 unspecified atom stereocenters. The molecule has 0 aromatic carbocycles. The highest BCUT2D eigenvalue weighted by atomic mass is 35.5. The highest BCUT2D eigenvalue weighted by Gasteiger charge is 2.19. The second-order valence-electron chi connectivity index (χ2n) is 2.74. The fourth-order valence-electron chi connectivity index (χ4n) is 1.18. The zero-order chi connectivity index (χ0) is 10.8. The third-order valence-corrected chi connectivity index (χ3v) is 4.11. The highest BCUT2D eigenvalue weighted by Crippen LogP contribution is 2.31. The number of carbonyl (C=O) groups excluding carboxylic acids is 1. The molecule has 0 aliphatic rings. The van der Waals surface area contributed by atoms with Crippen LogP contribution in [0.4, 0.5) is 0 Å². The van der Waals surface area contributed by atoms with Crippen molar-refractivity contribution >= 4 is 40.1 Å². The van der Waals surface area contributed by atoms with Gasteiger partial charge < -0.3 is 4.74 Å². The van der Waals surface area contributed by atoms with Gasteiger partial charge in [0.25, 0.3) is 0 Å². The normalized spacial score (nSPS) is 10.3. The molecule has 0 bridgehead atoms. The Bertz CT molecular complexity index is 487. The molecule has 0 aliphatic carbocycles. The van der Waals surface area contributed by atoms with E-state index in [1.807, 2.05) is 5.38 Å². The van der Waals surface area contributed by atoms with Crippen LogP contribution in [0.15, 0.2) is 22.9 Å². The van der Waals surface area contributed by atoms with E-state index < -0.39 is 0 Å². The molecule has 0 spiro atoms. The van der Waals surface area contributed by atoms with E-state index in [-0.39, 0.29) is 5.78 Å². The monoisotopic (exact) mass is 258 g/mol. The van der Waals surface area contributed by atoms with Gasteiger partial charge in [0.1, 0.15) is 10.6 Å². The molecule has 2 rings (SSSR count). The summed E-state index contributed by atoms with van der Waals surface area (Å²) in [6, 6.07) is 3.50. The summed E-state index contributed by atoms with van der Waals surface area (Å²) in [6.07, 6.45) is 0. The number of hydrogen-bond donors (Lipinski definition) is 0. The van der Waals surface area contributed by atoms with E-state index in [1.54, 1.807) is 24.6 Å². The van der Waals surface area contributed by atoms with Gasteiger partial charge in [-0.2, -0.15) is 0 Å². The van der Waals surface area contributed by atoms with Gasteiger partial charge in [-0.1, -0.05) is 11.6 Å². The molecule has 0 atom stereocenters. The third-order valence-electron chi connectivity index (χ3n) is 1.88. The summed E-state index contributed by atoms with van der Waals surface area (Å²) in [5.41, 5.74) is 0. The smallest absolute Gasteiger partial charge is 0.218 e. The summed E-state index contributed by atoms with van der Waals surface area (Å²) < 4.78 is 5.10. The Hall–Kier alpha value is -0.840. The van der Waals surface area contributed by atoms with Crippen LogP contribution < -0.4 is 4.74 Å². The van der Waals surface area contributed by atoms with Gasteiger partial charge in [0, 0.05) is 0 Å². The van der Waals surface area contributed by atoms with Crippen LogP contribution in [0.5, 0.6) is 5.75 Å². The lowest BCUT2D eigenvalue weighted by Crippen LogP contribution is -1.98. The molecular formula is C10H7ClO2S2. The van der Waals surface area contributed by atoms with Gasteiger partial charge in [-0.05, 0) is 22.9 Å². The molecule has 0 N–H and O–H groups in total. The van der Waals surface area contributed by atoms with E-state index >= 15 is 0 Å². The van der Waals surface area contributed by atoms with Crippen LogP contribution in [0.1, 0.15) is 14.5 Å². The maximum atomic E-state index is 12.0. The van der Waals surface area contributed by atoms with Crippen molar-refractivity contribution in [3.8, 4) is 5.75 Å². The van der Waals surface area contributed by atoms with Crippen molar-refractivity contribution in [2.24, 2.45) is 0 Å². The lowest BCUT2D eigenvalue weighted by molar-refractivity contribution is 0.104. The van der Waals surface area contributed by atoms with Crippen molar-refractivity contribution < 1.29 is 9.53 Å². The maximum absolute atomic E-state index is 12.0. The van der Waals surface area contributed by atoms with Crippen LogP contribution in [-0.2, 0) is 0 Å². The molecule has 0 saturated carbocycles. The minimum atomic E-state index is -0.0677. The first kappa shape index (κ1) is 10.7. The van der Waals surface area contributed by atoms with Gasteiger partial charge in [-0.15, -0.1) is 22.7 Å². The summed E-state index contributed by atoms with van der Waals surface area (Å²) in [7, 11) is 1.55. The van der Waals surface area contributed by atoms with Crippen molar-refractivity contribution in [1.82, 2.24) is 0 Å². The average Bonchev–Trinajstić information content (AvgIpc) is 2.84. The Morgan fingerprint density at radius 1 is 1.27 bits per heavy atom. The molecule has 2 nitrogen and oxygen atoms in total. The SMILES string of the molecule is COc1ccsc1C(=O)c1sccc1Cl. The van der Waals surface area contributed by atoms with Gasteiger partial charge in [0.2, 0.25) is 5.78 Å². The summed E-state index contributed by atoms with van der Waals surface area (Å²) in [4.78, 5) is 13.2. The first-order valence-electron chi connectivity index (χ1n) is 4.13. The molecule has 0 saturated heterocycles. The fraction of sp³-hybridized carbons (Fsp3) is 0.100. The predicted octanol–water partition coefficient (Wildman–Crippen LogP) is 3.70. The molecule has 0 radical (unpaired) electrons. The maximum Gasteiger partial charge on any atom is 0.218 e. The van der Waals surface area contributed by atoms with E-state index in [2.05, 4.69) is 0 Å². The van der Waals surface area contributed by atoms with E-state index in [9.17, 15) is 4.79 Å². The first-order chi connectivity index (χ1) is 7.24. The van der Waals surface area contributed by atoms with Gasteiger partial charge in [0.05, 0.1) is 17.0 Å². The second-order valence-corrected chi connectivity index (χ2v) is 4.98. The largest absolute Gasteiger partial charge is 0.495 e. The summed E-state index contributed by atoms with van der Waals surface area (Å²) in [5, 5.41) is 4.13. The number of halogens is 1. The fourth-order valence-corrected chi connectivity index (χ4v) is 3.14. The number of ketones is 1. The van der Waals surface area contributed by atoms with Crippen LogP contribution in [0, 0.1) is 0 Å². The van der Waals surface area contributed by atoms with Gasteiger partial charge in [0.15, 0.2) is 0 Å². The Labute approximate surface area is 100 Å². The standard InChI is InChI=1S/C10H7ClO2S2/c1-13-7-3-5-15-10(7)8(12)9-6(11)2-4-14-9/h2-5H,1H3.